The summed E-state index contributed by atoms with van der Waals surface area (Å²) in [6, 6.07) is 16.6. The quantitative estimate of drug-likeness (QED) is 0.452. The van der Waals surface area contributed by atoms with Crippen molar-refractivity contribution >= 4 is 11.8 Å². The van der Waals surface area contributed by atoms with Gasteiger partial charge >= 0.3 is 5.97 Å². The molecule has 0 bridgehead atoms. The Balaban J connectivity index is 0.000000344. The van der Waals surface area contributed by atoms with E-state index in [1.165, 1.54) is 12.4 Å². The summed E-state index contributed by atoms with van der Waals surface area (Å²) < 4.78 is 0. The minimum absolute atomic E-state index is 0. The Kier molecular flexibility index (Phi) is 6.89. The second kappa shape index (κ2) is 8.67. The molecule has 1 N–H and O–H groups in total. The largest absolute Gasteiger partial charge is 0.643 e. The Morgan fingerprint density at radius 1 is 1.00 bits per heavy atom. The second-order valence-corrected chi connectivity index (χ2v) is 4.02. The summed E-state index contributed by atoms with van der Waals surface area (Å²) >= 11 is 0. The molecule has 3 aromatic rings. The van der Waals surface area contributed by atoms with Crippen molar-refractivity contribution in [2.45, 2.75) is 0 Å². The van der Waals surface area contributed by atoms with Gasteiger partial charge < -0.3 is 44.7 Å². The Bertz CT molecular complexity index is 690. The van der Waals surface area contributed by atoms with Crippen LogP contribution in [0.5, 0.6) is 0 Å². The smallest absolute Gasteiger partial charge is 0.327 e. The third-order valence-corrected chi connectivity index (χ3v) is 2.60. The van der Waals surface area contributed by atoms with Gasteiger partial charge in [0.15, 0.2) is 0 Å². The number of rotatable bonds is 3. The van der Waals surface area contributed by atoms with Crippen molar-refractivity contribution in [3.8, 4) is 0 Å². The minimum Gasteiger partial charge on any atom is -0.643 e. The van der Waals surface area contributed by atoms with Crippen molar-refractivity contribution in [3.63, 3.8) is 0 Å². The number of carboxylic acid groups (broad SMARTS) is 1. The van der Waals surface area contributed by atoms with Crippen LogP contribution in [0.15, 0.2) is 67.0 Å². The first-order chi connectivity index (χ1) is 10.2. The monoisotopic (exact) mass is 336 g/mol. The van der Waals surface area contributed by atoms with Gasteiger partial charge in [0.2, 0.25) is 0 Å². The second-order valence-electron chi connectivity index (χ2n) is 4.02. The predicted molar refractivity (Wildman–Crippen MR) is 76.5 cm³/mol. The molecule has 0 spiro atoms. The number of ketones is 1. The number of carboxylic acids is 1. The van der Waals surface area contributed by atoms with E-state index in [0.717, 1.165) is 0 Å². The number of nitrogens with zero attached hydrogens (tertiary/aromatic N) is 2. The van der Waals surface area contributed by atoms with E-state index >= 15 is 0 Å². The molecule has 1 heterocycles. The van der Waals surface area contributed by atoms with Crippen molar-refractivity contribution in [3.05, 3.63) is 83.9 Å². The molecule has 2 aromatic carbocycles. The molecule has 0 atom stereocenters. The van der Waals surface area contributed by atoms with Crippen LogP contribution in [0.4, 0.5) is 0 Å². The van der Waals surface area contributed by atoms with Gasteiger partial charge in [0.1, 0.15) is 0 Å². The number of carbonyl (C=O) groups is 2. The fourth-order valence-corrected chi connectivity index (χ4v) is 1.64. The van der Waals surface area contributed by atoms with E-state index in [4.69, 9.17) is 5.11 Å². The molecule has 6 heteroatoms. The van der Waals surface area contributed by atoms with Crippen LogP contribution >= 0.6 is 0 Å². The Morgan fingerprint density at radius 2 is 1.55 bits per heavy atom. The number of hydrogen-bond donors (Lipinski definition) is 1. The molecule has 0 unspecified atom stereocenters. The number of hydrogen-bond acceptors (Lipinski definition) is 4. The molecule has 0 saturated heterocycles. The van der Waals surface area contributed by atoms with E-state index in [1.54, 1.807) is 24.3 Å². The summed E-state index contributed by atoms with van der Waals surface area (Å²) in [7, 11) is 0. The Morgan fingerprint density at radius 3 is 2.00 bits per heavy atom. The minimum atomic E-state index is -1.26. The van der Waals surface area contributed by atoms with Gasteiger partial charge in [0.05, 0.1) is 0 Å². The zero-order chi connectivity index (χ0) is 15.1. The molecule has 5 nitrogen and oxygen atoms in total. The van der Waals surface area contributed by atoms with Crippen LogP contribution < -0.4 is 0 Å². The van der Waals surface area contributed by atoms with Crippen LogP contribution in [0, 0.1) is 0 Å². The van der Waals surface area contributed by atoms with E-state index in [-0.39, 0.29) is 28.5 Å². The Hall–Kier alpha value is -2.56. The zero-order valence-electron chi connectivity index (χ0n) is 11.4. The molecule has 0 aliphatic heterocycles. The van der Waals surface area contributed by atoms with Crippen molar-refractivity contribution in [1.29, 1.82) is 0 Å². The van der Waals surface area contributed by atoms with Gasteiger partial charge in [-0.05, 0) is 0 Å². The summed E-state index contributed by atoms with van der Waals surface area (Å²) in [6.45, 7) is 0. The normalized spacial score (nSPS) is 9.09. The Labute approximate surface area is 137 Å². The van der Waals surface area contributed by atoms with E-state index in [2.05, 4.69) is 9.97 Å². The predicted octanol–water partition coefficient (Wildman–Crippen LogP) is 2.53. The molecule has 0 fully saturated rings. The molecule has 22 heavy (non-hydrogen) atoms. The molecule has 0 amide bonds. The van der Waals surface area contributed by atoms with Gasteiger partial charge in [-0.25, -0.2) is 22.6 Å². The molecular formula is C16H12FeN2O3-6. The molecule has 3 rings (SSSR count). The molecule has 0 aliphatic rings. The fourth-order valence-electron chi connectivity index (χ4n) is 1.64. The maximum atomic E-state index is 11.9. The van der Waals surface area contributed by atoms with Crippen LogP contribution in [0.2, 0.25) is 0 Å². The number of carbonyl (C=O) groups excluding carboxylic acids is 1. The third kappa shape index (κ3) is 4.48. The van der Waals surface area contributed by atoms with Gasteiger partial charge in [-0.1, -0.05) is 0 Å². The number of aromatic carboxylic acids is 1. The molecule has 0 saturated carbocycles. The topological polar surface area (TPSA) is 80.2 Å². The van der Waals surface area contributed by atoms with Crippen LogP contribution in [-0.2, 0) is 17.1 Å². The van der Waals surface area contributed by atoms with Gasteiger partial charge in [-0.2, -0.15) is 18.2 Å². The SMILES string of the molecule is O=C(O)c1nccnc1C(=O)[c-]1[cH-][cH-][cH-][cH-]1.[Fe].c1cc[cH-]c1. The first-order valence-corrected chi connectivity index (χ1v) is 6.17. The third-order valence-electron chi connectivity index (χ3n) is 2.60. The van der Waals surface area contributed by atoms with Gasteiger partial charge in [0, 0.05) is 35.2 Å². The average Bonchev–Trinajstić information content (AvgIpc) is 3.21. The maximum Gasteiger partial charge on any atom is 0.327 e. The molecule has 118 valence electrons. The summed E-state index contributed by atoms with van der Waals surface area (Å²) in [5, 5.41) is 8.86. The zero-order valence-corrected chi connectivity index (χ0v) is 12.5. The van der Waals surface area contributed by atoms with Gasteiger partial charge in [0.25, 0.3) is 0 Å². The first kappa shape index (κ1) is 17.5. The molecule has 0 aliphatic carbocycles. The summed E-state index contributed by atoms with van der Waals surface area (Å²) in [5.41, 5.74) is -0.0575. The van der Waals surface area contributed by atoms with Crippen molar-refractivity contribution in [2.24, 2.45) is 0 Å². The summed E-state index contributed by atoms with van der Waals surface area (Å²) in [5.74, 6) is -1.70. The van der Waals surface area contributed by atoms with Gasteiger partial charge in [-0.15, -0.1) is 0 Å². The summed E-state index contributed by atoms with van der Waals surface area (Å²) in [4.78, 5) is 30.1. The van der Waals surface area contributed by atoms with Crippen LogP contribution in [0.1, 0.15) is 26.5 Å². The van der Waals surface area contributed by atoms with Crippen molar-refractivity contribution in [1.82, 2.24) is 9.97 Å². The van der Waals surface area contributed by atoms with Crippen molar-refractivity contribution < 1.29 is 31.8 Å². The number of aromatic nitrogens is 2. The molecular weight excluding hydrogens is 324 g/mol. The average molecular weight is 336 g/mol. The van der Waals surface area contributed by atoms with Crippen LogP contribution in [-0.4, -0.2) is 26.8 Å². The van der Waals surface area contributed by atoms with Gasteiger partial charge in [-0.3, -0.25) is 10.8 Å². The van der Waals surface area contributed by atoms with E-state index in [0.29, 0.717) is 5.56 Å². The molecule has 0 radical (unpaired) electrons. The van der Waals surface area contributed by atoms with E-state index < -0.39 is 11.8 Å². The van der Waals surface area contributed by atoms with Crippen LogP contribution in [0.3, 0.4) is 0 Å². The van der Waals surface area contributed by atoms with E-state index in [1.807, 2.05) is 30.3 Å². The van der Waals surface area contributed by atoms with E-state index in [9.17, 15) is 9.59 Å². The maximum absolute atomic E-state index is 11.9. The van der Waals surface area contributed by atoms with Crippen LogP contribution in [0.25, 0.3) is 0 Å². The standard InChI is InChI=1S/C11H7N2O3.C5H5.Fe/c14-10(7-3-1-2-4-7)8-9(11(15)16)13-6-5-12-8;1-2-4-5-3-1;/h1-6H,(H,15,16);1-5H;/q-5;-1;. The first-order valence-electron chi connectivity index (χ1n) is 6.17. The van der Waals surface area contributed by atoms with Crippen molar-refractivity contribution in [2.75, 3.05) is 0 Å². The fraction of sp³-hybridized carbons (Fsp3) is 0. The molecule has 1 aromatic heterocycles. The summed E-state index contributed by atoms with van der Waals surface area (Å²) in [6.07, 6.45) is 2.54.